The average molecular weight is 715 g/mol. The van der Waals surface area contributed by atoms with Gasteiger partial charge < -0.3 is 32.6 Å². The van der Waals surface area contributed by atoms with Gasteiger partial charge in [0.15, 0.2) is 30.2 Å². The SMILES string of the molecule is O=C(OC[C@H]1O[C@@H](c2noc(-c3ccco3)n2)[C@H](OC(=O)c2ccccc2)[C@@H](OC(=O)c2ccccc2)[C@@H]1OC(=O)c1ccccc1)c1ccccc1. The van der Waals surface area contributed by atoms with Gasteiger partial charge in [-0.2, -0.15) is 4.98 Å². The minimum Gasteiger partial charge on any atom is -0.459 e. The third-order valence-corrected chi connectivity index (χ3v) is 8.21. The molecule has 266 valence electrons. The van der Waals surface area contributed by atoms with Crippen LogP contribution in [0.1, 0.15) is 53.4 Å². The van der Waals surface area contributed by atoms with E-state index in [1.807, 2.05) is 0 Å². The summed E-state index contributed by atoms with van der Waals surface area (Å²) in [4.78, 5) is 58.8. The molecule has 0 amide bonds. The van der Waals surface area contributed by atoms with E-state index in [0.29, 0.717) is 0 Å². The molecule has 0 spiro atoms. The van der Waals surface area contributed by atoms with Gasteiger partial charge in [0.1, 0.15) is 12.7 Å². The van der Waals surface area contributed by atoms with Crippen molar-refractivity contribution in [3.8, 4) is 11.7 Å². The van der Waals surface area contributed by atoms with E-state index in [4.69, 9.17) is 32.6 Å². The zero-order chi connectivity index (χ0) is 36.6. The predicted molar refractivity (Wildman–Crippen MR) is 183 cm³/mol. The van der Waals surface area contributed by atoms with Crippen molar-refractivity contribution in [3.05, 3.63) is 168 Å². The number of hydrogen-bond acceptors (Lipinski definition) is 13. The summed E-state index contributed by atoms with van der Waals surface area (Å²) in [5.41, 5.74) is 0.742. The quantitative estimate of drug-likeness (QED) is 0.108. The molecular formula is C40H30N2O11. The third-order valence-electron chi connectivity index (χ3n) is 8.21. The van der Waals surface area contributed by atoms with E-state index < -0.39 is 61.0 Å². The molecule has 0 aliphatic carbocycles. The van der Waals surface area contributed by atoms with Crippen LogP contribution in [0.4, 0.5) is 0 Å². The Balaban J connectivity index is 1.32. The number of carbonyl (C=O) groups is 4. The normalized spacial score (nSPS) is 19.4. The van der Waals surface area contributed by atoms with Crippen molar-refractivity contribution >= 4 is 23.9 Å². The Hall–Kier alpha value is -6.86. The van der Waals surface area contributed by atoms with Gasteiger partial charge in [-0.25, -0.2) is 19.2 Å². The van der Waals surface area contributed by atoms with Crippen LogP contribution >= 0.6 is 0 Å². The largest absolute Gasteiger partial charge is 0.459 e. The molecule has 1 aliphatic rings. The lowest BCUT2D eigenvalue weighted by Gasteiger charge is -2.43. The Morgan fingerprint density at radius 1 is 0.547 bits per heavy atom. The maximum atomic E-state index is 13.8. The molecule has 0 unspecified atom stereocenters. The molecule has 53 heavy (non-hydrogen) atoms. The van der Waals surface area contributed by atoms with E-state index in [0.717, 1.165) is 0 Å². The van der Waals surface area contributed by atoms with Crippen molar-refractivity contribution in [2.45, 2.75) is 30.5 Å². The van der Waals surface area contributed by atoms with E-state index in [1.165, 1.54) is 42.7 Å². The standard InChI is InChI=1S/C40H30N2O11/c43-37(25-14-5-1-6-15-25)48-24-30-31(50-38(44)26-16-7-2-8-17-26)32(51-39(45)27-18-9-3-10-19-27)33(52-40(46)28-20-11-4-12-21-28)34(49-30)35-41-36(53-42-35)29-22-13-23-47-29/h1-23,30-34H,24H2/t30-,31-,32+,33-,34-/m1/s1. The van der Waals surface area contributed by atoms with E-state index >= 15 is 0 Å². The van der Waals surface area contributed by atoms with Crippen molar-refractivity contribution in [1.82, 2.24) is 10.1 Å². The van der Waals surface area contributed by atoms with Crippen molar-refractivity contribution in [2.24, 2.45) is 0 Å². The Bertz CT molecular complexity index is 2140. The number of benzene rings is 4. The molecule has 3 heterocycles. The molecule has 7 rings (SSSR count). The maximum Gasteiger partial charge on any atom is 0.338 e. The summed E-state index contributed by atoms with van der Waals surface area (Å²) in [5, 5.41) is 4.09. The van der Waals surface area contributed by atoms with Crippen LogP contribution in [0.2, 0.25) is 0 Å². The number of hydrogen-bond donors (Lipinski definition) is 0. The van der Waals surface area contributed by atoms with Crippen LogP contribution < -0.4 is 0 Å². The van der Waals surface area contributed by atoms with Crippen LogP contribution in [-0.2, 0) is 23.7 Å². The number of aromatic nitrogens is 2. The lowest BCUT2D eigenvalue weighted by atomic mass is 9.93. The number of rotatable bonds is 11. The molecule has 0 saturated carbocycles. The molecule has 0 N–H and O–H groups in total. The Labute approximate surface area is 302 Å². The van der Waals surface area contributed by atoms with E-state index in [9.17, 15) is 19.2 Å². The second-order valence-corrected chi connectivity index (χ2v) is 11.7. The van der Waals surface area contributed by atoms with Gasteiger partial charge in [-0.3, -0.25) is 0 Å². The number of furan rings is 1. The van der Waals surface area contributed by atoms with Crippen LogP contribution in [0.25, 0.3) is 11.7 Å². The zero-order valence-electron chi connectivity index (χ0n) is 27.8. The van der Waals surface area contributed by atoms with E-state index in [1.54, 1.807) is 97.1 Å². The first-order valence-electron chi connectivity index (χ1n) is 16.5. The Morgan fingerprint density at radius 2 is 1.02 bits per heavy atom. The van der Waals surface area contributed by atoms with Gasteiger partial charge in [0.05, 0.1) is 28.5 Å². The summed E-state index contributed by atoms with van der Waals surface area (Å²) in [6.07, 6.45) is -5.97. The minimum absolute atomic E-state index is 0.0238. The second-order valence-electron chi connectivity index (χ2n) is 11.7. The summed E-state index contributed by atoms with van der Waals surface area (Å²) < 4.78 is 41.3. The highest BCUT2D eigenvalue weighted by Crippen LogP contribution is 2.38. The topological polar surface area (TPSA) is 166 Å². The van der Waals surface area contributed by atoms with Crippen LogP contribution in [-0.4, -0.2) is 65.0 Å². The van der Waals surface area contributed by atoms with Gasteiger partial charge in [0.25, 0.3) is 5.89 Å². The lowest BCUT2D eigenvalue weighted by molar-refractivity contribution is -0.233. The van der Waals surface area contributed by atoms with Gasteiger partial charge in [0, 0.05) is 0 Å². The Morgan fingerprint density at radius 3 is 1.51 bits per heavy atom. The van der Waals surface area contributed by atoms with Gasteiger partial charge in [-0.05, 0) is 60.7 Å². The summed E-state index contributed by atoms with van der Waals surface area (Å²) in [5.74, 6) is -3.07. The van der Waals surface area contributed by atoms with Crippen LogP contribution in [0.3, 0.4) is 0 Å². The average Bonchev–Trinajstić information content (AvgIpc) is 3.93. The van der Waals surface area contributed by atoms with Crippen LogP contribution in [0.5, 0.6) is 0 Å². The lowest BCUT2D eigenvalue weighted by Crippen LogP contribution is -2.60. The van der Waals surface area contributed by atoms with Crippen molar-refractivity contribution in [3.63, 3.8) is 0 Å². The highest BCUT2D eigenvalue weighted by molar-refractivity contribution is 5.91. The first-order chi connectivity index (χ1) is 25.9. The number of nitrogens with zero attached hydrogens (tertiary/aromatic N) is 2. The molecule has 13 heteroatoms. The highest BCUT2D eigenvalue weighted by atomic mass is 16.7. The van der Waals surface area contributed by atoms with E-state index in [-0.39, 0.29) is 39.7 Å². The number of carbonyl (C=O) groups excluding carboxylic acids is 4. The maximum absolute atomic E-state index is 13.8. The molecule has 0 bridgehead atoms. The van der Waals surface area contributed by atoms with Crippen molar-refractivity contribution < 1.29 is 51.8 Å². The van der Waals surface area contributed by atoms with Gasteiger partial charge >= 0.3 is 23.9 Å². The molecule has 13 nitrogen and oxygen atoms in total. The summed E-state index contributed by atoms with van der Waals surface area (Å²) in [6.45, 7) is -0.501. The number of ether oxygens (including phenoxy) is 5. The molecular weight excluding hydrogens is 684 g/mol. The molecule has 5 atom stereocenters. The summed E-state index contributed by atoms with van der Waals surface area (Å²) in [7, 11) is 0. The third kappa shape index (κ3) is 8.05. The predicted octanol–water partition coefficient (Wildman–Crippen LogP) is 6.30. The molecule has 0 radical (unpaired) electrons. The van der Waals surface area contributed by atoms with Crippen molar-refractivity contribution in [1.29, 1.82) is 0 Å². The van der Waals surface area contributed by atoms with Crippen molar-refractivity contribution in [2.75, 3.05) is 6.61 Å². The molecule has 6 aromatic rings. The molecule has 4 aromatic carbocycles. The molecule has 2 aromatic heterocycles. The highest BCUT2D eigenvalue weighted by Gasteiger charge is 2.55. The summed E-state index contributed by atoms with van der Waals surface area (Å²) in [6, 6.07) is 35.7. The van der Waals surface area contributed by atoms with E-state index in [2.05, 4.69) is 10.1 Å². The molecule has 1 saturated heterocycles. The molecule has 1 fully saturated rings. The minimum atomic E-state index is -1.58. The Kier molecular flexibility index (Phi) is 10.4. The van der Waals surface area contributed by atoms with Gasteiger partial charge in [0.2, 0.25) is 5.82 Å². The fraction of sp³-hybridized carbons (Fsp3) is 0.150. The fourth-order valence-electron chi connectivity index (χ4n) is 5.63. The monoisotopic (exact) mass is 714 g/mol. The second kappa shape index (κ2) is 16.0. The number of esters is 4. The van der Waals surface area contributed by atoms with Gasteiger partial charge in [-0.1, -0.05) is 78.0 Å². The van der Waals surface area contributed by atoms with Crippen LogP contribution in [0.15, 0.2) is 149 Å². The smallest absolute Gasteiger partial charge is 0.338 e. The first-order valence-corrected chi connectivity index (χ1v) is 16.5. The van der Waals surface area contributed by atoms with Crippen LogP contribution in [0, 0.1) is 0 Å². The van der Waals surface area contributed by atoms with Gasteiger partial charge in [-0.15, -0.1) is 0 Å². The fourth-order valence-corrected chi connectivity index (χ4v) is 5.63. The zero-order valence-corrected chi connectivity index (χ0v) is 27.8. The first kappa shape index (κ1) is 34.6. The molecule has 1 aliphatic heterocycles. The summed E-state index contributed by atoms with van der Waals surface area (Å²) >= 11 is 0.